The molecule has 0 aromatic rings. The van der Waals surface area contributed by atoms with Gasteiger partial charge in [0.15, 0.2) is 0 Å². The summed E-state index contributed by atoms with van der Waals surface area (Å²) in [4.78, 5) is 10.4. The summed E-state index contributed by atoms with van der Waals surface area (Å²) in [5.41, 5.74) is 1.32. The summed E-state index contributed by atoms with van der Waals surface area (Å²) in [5, 5.41) is 8.56. The van der Waals surface area contributed by atoms with Crippen molar-refractivity contribution in [3.63, 3.8) is 0 Å². The van der Waals surface area contributed by atoms with Gasteiger partial charge in [-0.1, -0.05) is 89.5 Å². The normalized spacial score (nSPS) is 12.2. The largest absolute Gasteiger partial charge is 0.481 e. The van der Waals surface area contributed by atoms with Crippen LogP contribution in [0.25, 0.3) is 0 Å². The number of hydrogen-bond acceptors (Lipinski definition) is 1. The molecule has 0 bridgehead atoms. The fraction of sp³-hybridized carbons (Fsp3) is 0.864. The molecule has 0 aliphatic carbocycles. The predicted molar refractivity (Wildman–Crippen MR) is 105 cm³/mol. The van der Waals surface area contributed by atoms with E-state index in [9.17, 15) is 4.79 Å². The van der Waals surface area contributed by atoms with Gasteiger partial charge < -0.3 is 5.11 Å². The van der Waals surface area contributed by atoms with E-state index in [1.807, 2.05) is 0 Å². The van der Waals surface area contributed by atoms with Crippen LogP contribution in [0.3, 0.4) is 0 Å². The molecule has 1 N–H and O–H groups in total. The number of rotatable bonds is 18. The summed E-state index contributed by atoms with van der Waals surface area (Å²) in [6.45, 7) is 8.49. The first kappa shape index (κ1) is 23.2. The first-order valence-electron chi connectivity index (χ1n) is 10.4. The molecule has 2 nitrogen and oxygen atoms in total. The van der Waals surface area contributed by atoms with Crippen molar-refractivity contribution in [2.24, 2.45) is 5.92 Å². The van der Waals surface area contributed by atoms with Crippen LogP contribution < -0.4 is 0 Å². The minimum absolute atomic E-state index is 0.340. The quantitative estimate of drug-likeness (QED) is 0.207. The Morgan fingerprint density at radius 1 is 0.750 bits per heavy atom. The maximum Gasteiger partial charge on any atom is 0.303 e. The van der Waals surface area contributed by atoms with Crippen LogP contribution >= 0.6 is 0 Å². The maximum atomic E-state index is 10.4. The van der Waals surface area contributed by atoms with Gasteiger partial charge in [-0.2, -0.15) is 0 Å². The number of carboxylic acids is 1. The minimum Gasteiger partial charge on any atom is -0.481 e. The van der Waals surface area contributed by atoms with Crippen LogP contribution in [0.4, 0.5) is 0 Å². The number of allylic oxidation sites excluding steroid dienone is 1. The fourth-order valence-corrected chi connectivity index (χ4v) is 3.17. The molecule has 2 heteroatoms. The number of carbonyl (C=O) groups is 1. The zero-order valence-electron chi connectivity index (χ0n) is 16.5. The van der Waals surface area contributed by atoms with Crippen LogP contribution in [-0.4, -0.2) is 11.1 Å². The van der Waals surface area contributed by atoms with E-state index in [0.717, 1.165) is 18.8 Å². The molecule has 0 fully saturated rings. The van der Waals surface area contributed by atoms with Crippen molar-refractivity contribution in [1.29, 1.82) is 0 Å². The van der Waals surface area contributed by atoms with Crippen molar-refractivity contribution in [3.05, 3.63) is 12.2 Å². The third-order valence-electron chi connectivity index (χ3n) is 4.90. The fourth-order valence-electron chi connectivity index (χ4n) is 3.17. The lowest BCUT2D eigenvalue weighted by Gasteiger charge is -2.10. The number of aliphatic carboxylic acids is 1. The molecule has 0 aromatic carbocycles. The second-order valence-electron chi connectivity index (χ2n) is 7.78. The van der Waals surface area contributed by atoms with Gasteiger partial charge in [0.2, 0.25) is 0 Å². The van der Waals surface area contributed by atoms with Gasteiger partial charge in [0, 0.05) is 6.42 Å². The topological polar surface area (TPSA) is 37.3 Å². The summed E-state index contributed by atoms with van der Waals surface area (Å²) in [6, 6.07) is 0. The van der Waals surface area contributed by atoms with E-state index < -0.39 is 5.97 Å². The second kappa shape index (κ2) is 17.0. The smallest absolute Gasteiger partial charge is 0.303 e. The van der Waals surface area contributed by atoms with Crippen molar-refractivity contribution < 1.29 is 9.90 Å². The Labute approximate surface area is 151 Å². The van der Waals surface area contributed by atoms with Crippen molar-refractivity contribution in [2.75, 3.05) is 0 Å². The van der Waals surface area contributed by atoms with Gasteiger partial charge in [-0.3, -0.25) is 4.79 Å². The monoisotopic (exact) mass is 338 g/mol. The van der Waals surface area contributed by atoms with Crippen molar-refractivity contribution in [1.82, 2.24) is 0 Å². The summed E-state index contributed by atoms with van der Waals surface area (Å²) in [6.07, 6.45) is 19.7. The molecular formula is C22H42O2. The molecule has 142 valence electrons. The Bertz CT molecular complexity index is 309. The van der Waals surface area contributed by atoms with Crippen LogP contribution in [0.5, 0.6) is 0 Å². The lowest BCUT2D eigenvalue weighted by atomic mass is 9.96. The van der Waals surface area contributed by atoms with E-state index in [1.54, 1.807) is 0 Å². The Hall–Kier alpha value is -0.790. The second-order valence-corrected chi connectivity index (χ2v) is 7.78. The standard InChI is InChI=1S/C22H42O2/c1-20(2)18-19-21(3)16-14-12-10-8-6-4-5-7-9-11-13-15-17-22(23)24/h21H,1,4-19H2,2-3H3,(H,23,24). The Morgan fingerprint density at radius 3 is 1.58 bits per heavy atom. The lowest BCUT2D eigenvalue weighted by Crippen LogP contribution is -1.95. The van der Waals surface area contributed by atoms with Crippen molar-refractivity contribution >= 4 is 5.97 Å². The molecule has 0 aromatic heterocycles. The van der Waals surface area contributed by atoms with Gasteiger partial charge in [-0.15, -0.1) is 6.58 Å². The van der Waals surface area contributed by atoms with E-state index in [4.69, 9.17) is 5.11 Å². The van der Waals surface area contributed by atoms with E-state index in [2.05, 4.69) is 20.4 Å². The molecule has 0 radical (unpaired) electrons. The zero-order chi connectivity index (χ0) is 18.0. The van der Waals surface area contributed by atoms with Crippen LogP contribution in [0, 0.1) is 5.92 Å². The first-order valence-corrected chi connectivity index (χ1v) is 10.4. The molecule has 0 heterocycles. The van der Waals surface area contributed by atoms with Gasteiger partial charge in [0.25, 0.3) is 0 Å². The molecule has 1 atom stereocenters. The SMILES string of the molecule is C=C(C)CCC(C)CCCCCCCCCCCCCCC(=O)O. The van der Waals surface area contributed by atoms with Crippen molar-refractivity contribution in [3.8, 4) is 0 Å². The maximum absolute atomic E-state index is 10.4. The summed E-state index contributed by atoms with van der Waals surface area (Å²) < 4.78 is 0. The third-order valence-corrected chi connectivity index (χ3v) is 4.90. The summed E-state index contributed by atoms with van der Waals surface area (Å²) >= 11 is 0. The van der Waals surface area contributed by atoms with Crippen molar-refractivity contribution in [2.45, 2.75) is 117 Å². The molecule has 0 rings (SSSR count). The molecule has 0 aliphatic rings. The zero-order valence-corrected chi connectivity index (χ0v) is 16.5. The summed E-state index contributed by atoms with van der Waals surface area (Å²) in [7, 11) is 0. The molecular weight excluding hydrogens is 296 g/mol. The molecule has 0 saturated carbocycles. The molecule has 0 saturated heterocycles. The van der Waals surface area contributed by atoms with Crippen LogP contribution in [0.1, 0.15) is 117 Å². The van der Waals surface area contributed by atoms with E-state index >= 15 is 0 Å². The van der Waals surface area contributed by atoms with E-state index in [0.29, 0.717) is 6.42 Å². The number of unbranched alkanes of at least 4 members (excludes halogenated alkanes) is 11. The van der Waals surface area contributed by atoms with Crippen LogP contribution in [0.15, 0.2) is 12.2 Å². The number of hydrogen-bond donors (Lipinski definition) is 1. The molecule has 0 aliphatic heterocycles. The van der Waals surface area contributed by atoms with Crippen LogP contribution in [-0.2, 0) is 4.79 Å². The average Bonchev–Trinajstić information content (AvgIpc) is 2.52. The Morgan fingerprint density at radius 2 is 1.17 bits per heavy atom. The minimum atomic E-state index is -0.656. The Balaban J connectivity index is 3.12. The highest BCUT2D eigenvalue weighted by Gasteiger charge is 2.02. The predicted octanol–water partition coefficient (Wildman–Crippen LogP) is 7.52. The molecule has 1 unspecified atom stereocenters. The highest BCUT2D eigenvalue weighted by molar-refractivity contribution is 5.66. The highest BCUT2D eigenvalue weighted by atomic mass is 16.4. The summed E-state index contributed by atoms with van der Waals surface area (Å²) in [5.74, 6) is 0.202. The first-order chi connectivity index (χ1) is 11.5. The van der Waals surface area contributed by atoms with E-state index in [-0.39, 0.29) is 0 Å². The molecule has 24 heavy (non-hydrogen) atoms. The van der Waals surface area contributed by atoms with Gasteiger partial charge in [-0.25, -0.2) is 0 Å². The van der Waals surface area contributed by atoms with Gasteiger partial charge in [0.05, 0.1) is 0 Å². The van der Waals surface area contributed by atoms with Gasteiger partial charge in [-0.05, 0) is 32.1 Å². The average molecular weight is 339 g/mol. The molecule has 0 spiro atoms. The third kappa shape index (κ3) is 19.3. The highest BCUT2D eigenvalue weighted by Crippen LogP contribution is 2.18. The number of carboxylic acid groups (broad SMARTS) is 1. The molecule has 0 amide bonds. The van der Waals surface area contributed by atoms with E-state index in [1.165, 1.54) is 89.0 Å². The lowest BCUT2D eigenvalue weighted by molar-refractivity contribution is -0.137. The van der Waals surface area contributed by atoms with Gasteiger partial charge >= 0.3 is 5.97 Å². The Kier molecular flexibility index (Phi) is 16.5. The van der Waals surface area contributed by atoms with Crippen LogP contribution in [0.2, 0.25) is 0 Å². The van der Waals surface area contributed by atoms with Gasteiger partial charge in [0.1, 0.15) is 0 Å².